The number of likely N-dealkylation sites (N-methyl/N-ethyl adjacent to an activating group) is 1. The molecule has 0 saturated carbocycles. The molecular weight excluding hydrogens is 294 g/mol. The van der Waals surface area contributed by atoms with E-state index in [4.69, 9.17) is 9.84 Å². The molecule has 1 aliphatic rings. The van der Waals surface area contributed by atoms with Gasteiger partial charge in [0.05, 0.1) is 30.1 Å². The van der Waals surface area contributed by atoms with Gasteiger partial charge in [0, 0.05) is 7.05 Å². The zero-order valence-electron chi connectivity index (χ0n) is 12.2. The zero-order chi connectivity index (χ0) is 15.8. The third-order valence-electron chi connectivity index (χ3n) is 3.84. The molecule has 1 aromatic rings. The molecule has 0 bridgehead atoms. The topological polar surface area (TPSA) is 83.9 Å². The summed E-state index contributed by atoms with van der Waals surface area (Å²) >= 11 is 0. The summed E-state index contributed by atoms with van der Waals surface area (Å²) in [6, 6.07) is 4.50. The lowest BCUT2D eigenvalue weighted by molar-refractivity contribution is -0.142. The molecule has 2 unspecified atom stereocenters. The van der Waals surface area contributed by atoms with Crippen molar-refractivity contribution in [2.45, 2.75) is 24.8 Å². The van der Waals surface area contributed by atoms with E-state index in [-0.39, 0.29) is 18.1 Å². The van der Waals surface area contributed by atoms with Crippen LogP contribution in [0.15, 0.2) is 23.1 Å². The second-order valence-electron chi connectivity index (χ2n) is 5.34. The van der Waals surface area contributed by atoms with Crippen molar-refractivity contribution in [1.82, 2.24) is 4.31 Å². The van der Waals surface area contributed by atoms with Gasteiger partial charge >= 0.3 is 5.97 Å². The van der Waals surface area contributed by atoms with Crippen molar-refractivity contribution >= 4 is 16.0 Å². The number of hydrogen-bond acceptors (Lipinski definition) is 4. The lowest BCUT2D eigenvalue weighted by Gasteiger charge is -2.26. The largest absolute Gasteiger partial charge is 0.481 e. The monoisotopic (exact) mass is 313 g/mol. The van der Waals surface area contributed by atoms with E-state index >= 15 is 0 Å². The summed E-state index contributed by atoms with van der Waals surface area (Å²) in [5.41, 5.74) is 1.48. The first-order valence-corrected chi connectivity index (χ1v) is 8.05. The van der Waals surface area contributed by atoms with E-state index in [0.29, 0.717) is 5.56 Å². The minimum atomic E-state index is -3.75. The molecule has 1 fully saturated rings. The van der Waals surface area contributed by atoms with Gasteiger partial charge in [-0.1, -0.05) is 12.1 Å². The number of aryl methyl sites for hydroxylation is 2. The van der Waals surface area contributed by atoms with Crippen LogP contribution >= 0.6 is 0 Å². The Bertz CT molecular complexity index is 655. The third kappa shape index (κ3) is 2.95. The molecule has 0 radical (unpaired) electrons. The van der Waals surface area contributed by atoms with Crippen LogP contribution in [0.3, 0.4) is 0 Å². The molecule has 1 saturated heterocycles. The van der Waals surface area contributed by atoms with E-state index in [1.165, 1.54) is 7.05 Å². The Kier molecular flexibility index (Phi) is 4.36. The van der Waals surface area contributed by atoms with Gasteiger partial charge in [0.2, 0.25) is 10.0 Å². The van der Waals surface area contributed by atoms with Gasteiger partial charge in [-0.2, -0.15) is 4.31 Å². The number of carboxylic acid groups (broad SMARTS) is 1. The van der Waals surface area contributed by atoms with Gasteiger partial charge < -0.3 is 9.84 Å². The maximum Gasteiger partial charge on any atom is 0.310 e. The van der Waals surface area contributed by atoms with E-state index < -0.39 is 28.0 Å². The molecule has 0 spiro atoms. The molecule has 6 nitrogen and oxygen atoms in total. The summed E-state index contributed by atoms with van der Waals surface area (Å²) in [5, 5.41) is 9.17. The normalized spacial score (nSPS) is 22.7. The van der Waals surface area contributed by atoms with E-state index in [0.717, 1.165) is 9.87 Å². The van der Waals surface area contributed by atoms with Crippen LogP contribution in [0.4, 0.5) is 0 Å². The van der Waals surface area contributed by atoms with Gasteiger partial charge in [-0.05, 0) is 31.0 Å². The van der Waals surface area contributed by atoms with Crippen LogP contribution in [-0.4, -0.2) is 50.1 Å². The van der Waals surface area contributed by atoms with E-state index in [2.05, 4.69) is 0 Å². The molecule has 116 valence electrons. The summed E-state index contributed by atoms with van der Waals surface area (Å²) in [4.78, 5) is 11.4. The van der Waals surface area contributed by atoms with Gasteiger partial charge in [-0.25, -0.2) is 8.42 Å². The van der Waals surface area contributed by atoms with Crippen LogP contribution in [0.5, 0.6) is 0 Å². The Labute approximate surface area is 124 Å². The highest BCUT2D eigenvalue weighted by atomic mass is 32.2. The number of sulfonamides is 1. The summed E-state index contributed by atoms with van der Waals surface area (Å²) in [7, 11) is -2.34. The first-order valence-electron chi connectivity index (χ1n) is 6.61. The summed E-state index contributed by atoms with van der Waals surface area (Å²) < 4.78 is 31.8. The van der Waals surface area contributed by atoms with Crippen molar-refractivity contribution in [3.8, 4) is 0 Å². The second-order valence-corrected chi connectivity index (χ2v) is 7.31. The molecule has 1 heterocycles. The second kappa shape index (κ2) is 5.75. The predicted octanol–water partition coefficient (Wildman–Crippen LogP) is 1.02. The summed E-state index contributed by atoms with van der Waals surface area (Å²) in [6.07, 6.45) is 0. The molecule has 0 amide bonds. The maximum absolute atomic E-state index is 12.7. The van der Waals surface area contributed by atoms with Gasteiger partial charge in [-0.3, -0.25) is 4.79 Å². The molecule has 1 N–H and O–H groups in total. The highest BCUT2D eigenvalue weighted by molar-refractivity contribution is 7.89. The van der Waals surface area contributed by atoms with E-state index in [9.17, 15) is 13.2 Å². The van der Waals surface area contributed by atoms with Crippen LogP contribution in [0.2, 0.25) is 0 Å². The number of carbonyl (C=O) groups is 1. The summed E-state index contributed by atoms with van der Waals surface area (Å²) in [5.74, 6) is -1.88. The predicted molar refractivity (Wildman–Crippen MR) is 76.6 cm³/mol. The van der Waals surface area contributed by atoms with Gasteiger partial charge in [-0.15, -0.1) is 0 Å². The highest BCUT2D eigenvalue weighted by Gasteiger charge is 2.41. The first kappa shape index (κ1) is 15.9. The lowest BCUT2D eigenvalue weighted by atomic mass is 10.1. The van der Waals surface area contributed by atoms with E-state index in [1.54, 1.807) is 19.1 Å². The first-order chi connectivity index (χ1) is 9.75. The van der Waals surface area contributed by atoms with Gasteiger partial charge in [0.25, 0.3) is 0 Å². The van der Waals surface area contributed by atoms with Crippen molar-refractivity contribution in [3.63, 3.8) is 0 Å². The third-order valence-corrected chi connectivity index (χ3v) is 5.86. The van der Waals surface area contributed by atoms with Crippen LogP contribution in [0.25, 0.3) is 0 Å². The van der Waals surface area contributed by atoms with Crippen molar-refractivity contribution in [3.05, 3.63) is 29.3 Å². The number of aliphatic carboxylic acids is 1. The number of rotatable bonds is 4. The fourth-order valence-electron chi connectivity index (χ4n) is 2.46. The van der Waals surface area contributed by atoms with Crippen molar-refractivity contribution in [2.75, 3.05) is 20.3 Å². The quantitative estimate of drug-likeness (QED) is 0.897. The van der Waals surface area contributed by atoms with Crippen LogP contribution in [-0.2, 0) is 19.6 Å². The number of benzene rings is 1. The average Bonchev–Trinajstić information content (AvgIpc) is 2.89. The molecule has 7 heteroatoms. The van der Waals surface area contributed by atoms with Crippen molar-refractivity contribution < 1.29 is 23.1 Å². The van der Waals surface area contributed by atoms with Crippen LogP contribution < -0.4 is 0 Å². The highest BCUT2D eigenvalue weighted by Crippen LogP contribution is 2.27. The minimum Gasteiger partial charge on any atom is -0.481 e. The van der Waals surface area contributed by atoms with Crippen LogP contribution in [0, 0.1) is 19.8 Å². The molecule has 2 rings (SSSR count). The van der Waals surface area contributed by atoms with Crippen molar-refractivity contribution in [2.24, 2.45) is 5.92 Å². The summed E-state index contributed by atoms with van der Waals surface area (Å²) in [6.45, 7) is 3.67. The molecule has 21 heavy (non-hydrogen) atoms. The van der Waals surface area contributed by atoms with Crippen LogP contribution in [0.1, 0.15) is 11.1 Å². The standard InChI is InChI=1S/C14H19NO5S/c1-9-4-5-10(2)13(6-9)21(18,19)15(3)12-8-20-7-11(12)14(16)17/h4-6,11-12H,7-8H2,1-3H3,(H,16,17). The number of nitrogens with zero attached hydrogens (tertiary/aromatic N) is 1. The fourth-order valence-corrected chi connectivity index (χ4v) is 4.14. The smallest absolute Gasteiger partial charge is 0.310 e. The molecule has 2 atom stereocenters. The fraction of sp³-hybridized carbons (Fsp3) is 0.500. The Balaban J connectivity index is 2.39. The molecule has 0 aliphatic carbocycles. The van der Waals surface area contributed by atoms with E-state index in [1.807, 2.05) is 13.0 Å². The van der Waals surface area contributed by atoms with Gasteiger partial charge in [0.1, 0.15) is 0 Å². The Hall–Kier alpha value is -1.44. The average molecular weight is 313 g/mol. The Morgan fingerprint density at radius 2 is 2.00 bits per heavy atom. The molecule has 0 aromatic heterocycles. The van der Waals surface area contributed by atoms with Crippen molar-refractivity contribution in [1.29, 1.82) is 0 Å². The zero-order valence-corrected chi connectivity index (χ0v) is 13.1. The maximum atomic E-state index is 12.7. The van der Waals surface area contributed by atoms with Gasteiger partial charge in [0.15, 0.2) is 0 Å². The molecular formula is C14H19NO5S. The molecule has 1 aromatic carbocycles. The minimum absolute atomic E-state index is 0.0344. The Morgan fingerprint density at radius 3 is 2.62 bits per heavy atom. The Morgan fingerprint density at radius 1 is 1.33 bits per heavy atom. The number of hydrogen-bond donors (Lipinski definition) is 1. The number of carboxylic acids is 1. The number of ether oxygens (including phenoxy) is 1. The SMILES string of the molecule is Cc1ccc(C)c(S(=O)(=O)N(C)C2COCC2C(=O)O)c1. The molecule has 1 aliphatic heterocycles. The lowest BCUT2D eigenvalue weighted by Crippen LogP contribution is -2.44.